The predicted molar refractivity (Wildman–Crippen MR) is 94.7 cm³/mol. The van der Waals surface area contributed by atoms with Crippen LogP contribution in [0.1, 0.15) is 6.92 Å². The van der Waals surface area contributed by atoms with Crippen LogP contribution in [0.5, 0.6) is 0 Å². The molecule has 0 aliphatic rings. The van der Waals surface area contributed by atoms with E-state index in [9.17, 15) is 0 Å². The van der Waals surface area contributed by atoms with Gasteiger partial charge in [0.15, 0.2) is 0 Å². The van der Waals surface area contributed by atoms with Crippen LogP contribution in [0.25, 0.3) is 22.2 Å². The highest BCUT2D eigenvalue weighted by molar-refractivity contribution is 5.85. The highest BCUT2D eigenvalue weighted by atomic mass is 15.1. The number of benzene rings is 2. The van der Waals surface area contributed by atoms with Gasteiger partial charge in [0.2, 0.25) is 0 Å². The summed E-state index contributed by atoms with van der Waals surface area (Å²) in [5, 5.41) is 1.12. The summed E-state index contributed by atoms with van der Waals surface area (Å²) >= 11 is 0. The lowest BCUT2D eigenvalue weighted by Gasteiger charge is -2.15. The van der Waals surface area contributed by atoms with E-state index in [1.807, 2.05) is 42.3 Å². The molecule has 0 atom stereocenters. The lowest BCUT2D eigenvalue weighted by molar-refractivity contribution is 1.28. The zero-order valence-corrected chi connectivity index (χ0v) is 12.6. The van der Waals surface area contributed by atoms with Gasteiger partial charge in [-0.15, -0.1) is 0 Å². The molecule has 0 N–H and O–H groups in total. The molecular formula is C20H18N2. The molecule has 3 rings (SSSR count). The summed E-state index contributed by atoms with van der Waals surface area (Å²) in [6.45, 7) is 5.84. The standard InChI is InChI=1S/C20H18N2/c1-3-14-22(4-2)18-11-13-20-17(15-18)10-12-19(21-20)16-8-6-5-7-9-16/h3-15H,2H2,1H3/b14-3-. The summed E-state index contributed by atoms with van der Waals surface area (Å²) in [6, 6.07) is 20.7. The maximum absolute atomic E-state index is 4.76. The molecule has 0 radical (unpaired) electrons. The molecule has 0 bridgehead atoms. The van der Waals surface area contributed by atoms with Crippen LogP contribution in [0.2, 0.25) is 0 Å². The summed E-state index contributed by atoms with van der Waals surface area (Å²) in [5.74, 6) is 0. The van der Waals surface area contributed by atoms with Gasteiger partial charge in [0.25, 0.3) is 0 Å². The fourth-order valence-corrected chi connectivity index (χ4v) is 2.46. The van der Waals surface area contributed by atoms with Gasteiger partial charge in [0.1, 0.15) is 0 Å². The van der Waals surface area contributed by atoms with Gasteiger partial charge in [-0.25, -0.2) is 4.98 Å². The fourth-order valence-electron chi connectivity index (χ4n) is 2.46. The van der Waals surface area contributed by atoms with Crippen molar-refractivity contribution in [2.75, 3.05) is 4.90 Å². The molecule has 1 heterocycles. The van der Waals surface area contributed by atoms with E-state index >= 15 is 0 Å². The first-order valence-corrected chi connectivity index (χ1v) is 7.32. The zero-order valence-electron chi connectivity index (χ0n) is 12.6. The van der Waals surface area contributed by atoms with E-state index in [-0.39, 0.29) is 0 Å². The summed E-state index contributed by atoms with van der Waals surface area (Å²) < 4.78 is 0. The van der Waals surface area contributed by atoms with Crippen LogP contribution in [0.15, 0.2) is 85.7 Å². The first kappa shape index (κ1) is 14.1. The average molecular weight is 286 g/mol. The van der Waals surface area contributed by atoms with Gasteiger partial charge in [-0.3, -0.25) is 0 Å². The normalized spacial score (nSPS) is 11.0. The average Bonchev–Trinajstić information content (AvgIpc) is 2.59. The van der Waals surface area contributed by atoms with Crippen LogP contribution in [0, 0.1) is 0 Å². The summed E-state index contributed by atoms with van der Waals surface area (Å²) in [5.41, 5.74) is 4.20. The second kappa shape index (κ2) is 6.27. The molecule has 0 aliphatic heterocycles. The van der Waals surface area contributed by atoms with Crippen LogP contribution in [0.4, 0.5) is 5.69 Å². The van der Waals surface area contributed by atoms with Crippen LogP contribution in [0.3, 0.4) is 0 Å². The highest BCUT2D eigenvalue weighted by Crippen LogP contribution is 2.25. The third-order valence-electron chi connectivity index (χ3n) is 3.55. The van der Waals surface area contributed by atoms with Crippen molar-refractivity contribution in [2.24, 2.45) is 0 Å². The van der Waals surface area contributed by atoms with E-state index in [2.05, 4.69) is 49.0 Å². The summed E-state index contributed by atoms with van der Waals surface area (Å²) in [7, 11) is 0. The van der Waals surface area contributed by atoms with Crippen LogP contribution in [-0.2, 0) is 0 Å². The molecule has 3 aromatic rings. The van der Waals surface area contributed by atoms with Gasteiger partial charge < -0.3 is 4.90 Å². The molecule has 2 heteroatoms. The molecular weight excluding hydrogens is 268 g/mol. The van der Waals surface area contributed by atoms with Crippen molar-refractivity contribution in [1.29, 1.82) is 0 Å². The molecule has 2 nitrogen and oxygen atoms in total. The first-order chi connectivity index (χ1) is 10.8. The molecule has 2 aromatic carbocycles. The van der Waals surface area contributed by atoms with Crippen molar-refractivity contribution in [2.45, 2.75) is 6.92 Å². The second-order valence-corrected chi connectivity index (χ2v) is 5.01. The predicted octanol–water partition coefficient (Wildman–Crippen LogP) is 5.39. The third kappa shape index (κ3) is 2.77. The van der Waals surface area contributed by atoms with E-state index in [1.54, 1.807) is 6.20 Å². The van der Waals surface area contributed by atoms with Gasteiger partial charge in [-0.1, -0.05) is 49.1 Å². The minimum atomic E-state index is 0.995. The van der Waals surface area contributed by atoms with Crippen LogP contribution < -0.4 is 4.90 Å². The van der Waals surface area contributed by atoms with Gasteiger partial charge in [-0.05, 0) is 31.2 Å². The Morgan fingerprint density at radius 2 is 1.82 bits per heavy atom. The molecule has 0 amide bonds. The van der Waals surface area contributed by atoms with Crippen molar-refractivity contribution in [3.63, 3.8) is 0 Å². The van der Waals surface area contributed by atoms with Crippen molar-refractivity contribution in [1.82, 2.24) is 4.98 Å². The van der Waals surface area contributed by atoms with Crippen molar-refractivity contribution in [3.05, 3.63) is 85.7 Å². The number of fused-ring (bicyclic) bond motifs is 1. The van der Waals surface area contributed by atoms with Crippen molar-refractivity contribution in [3.8, 4) is 11.3 Å². The topological polar surface area (TPSA) is 16.1 Å². The number of hydrogen-bond acceptors (Lipinski definition) is 2. The molecule has 0 unspecified atom stereocenters. The highest BCUT2D eigenvalue weighted by Gasteiger charge is 2.04. The van der Waals surface area contributed by atoms with Gasteiger partial charge in [0.05, 0.1) is 11.2 Å². The molecule has 0 aliphatic carbocycles. The Morgan fingerprint density at radius 3 is 2.55 bits per heavy atom. The Hall–Kier alpha value is -2.87. The van der Waals surface area contributed by atoms with E-state index in [0.717, 1.165) is 27.8 Å². The molecule has 0 saturated carbocycles. The number of allylic oxidation sites excluding steroid dienone is 1. The van der Waals surface area contributed by atoms with E-state index in [4.69, 9.17) is 4.98 Å². The smallest absolute Gasteiger partial charge is 0.0711 e. The maximum Gasteiger partial charge on any atom is 0.0711 e. The number of nitrogens with zero attached hydrogens (tertiary/aromatic N) is 2. The quantitative estimate of drug-likeness (QED) is 0.639. The Bertz CT molecular complexity index is 819. The Balaban J connectivity index is 2.03. The number of anilines is 1. The Morgan fingerprint density at radius 1 is 1.00 bits per heavy atom. The fraction of sp³-hybridized carbons (Fsp3) is 0.0500. The minimum absolute atomic E-state index is 0.995. The van der Waals surface area contributed by atoms with E-state index in [0.29, 0.717) is 0 Å². The lowest BCUT2D eigenvalue weighted by atomic mass is 10.1. The van der Waals surface area contributed by atoms with Gasteiger partial charge in [-0.2, -0.15) is 0 Å². The zero-order chi connectivity index (χ0) is 15.4. The second-order valence-electron chi connectivity index (χ2n) is 5.01. The number of rotatable bonds is 4. The molecule has 108 valence electrons. The van der Waals surface area contributed by atoms with E-state index in [1.165, 1.54) is 0 Å². The monoisotopic (exact) mass is 286 g/mol. The molecule has 22 heavy (non-hydrogen) atoms. The number of aromatic nitrogens is 1. The molecule has 0 spiro atoms. The third-order valence-corrected chi connectivity index (χ3v) is 3.55. The molecule has 1 aromatic heterocycles. The SMILES string of the molecule is C=CN(/C=C\C)c1ccc2nc(-c3ccccc3)ccc2c1. The Labute approximate surface area is 131 Å². The summed E-state index contributed by atoms with van der Waals surface area (Å²) in [4.78, 5) is 6.75. The van der Waals surface area contributed by atoms with E-state index < -0.39 is 0 Å². The molecule has 0 fully saturated rings. The molecule has 0 saturated heterocycles. The number of hydrogen-bond donors (Lipinski definition) is 0. The van der Waals surface area contributed by atoms with Gasteiger partial charge in [0, 0.05) is 29.0 Å². The number of pyridine rings is 1. The van der Waals surface area contributed by atoms with Crippen LogP contribution in [-0.4, -0.2) is 4.98 Å². The largest absolute Gasteiger partial charge is 0.325 e. The first-order valence-electron chi connectivity index (χ1n) is 7.32. The van der Waals surface area contributed by atoms with Gasteiger partial charge >= 0.3 is 0 Å². The van der Waals surface area contributed by atoms with Crippen molar-refractivity contribution < 1.29 is 0 Å². The Kier molecular flexibility index (Phi) is 4.01. The van der Waals surface area contributed by atoms with Crippen molar-refractivity contribution >= 4 is 16.6 Å². The lowest BCUT2D eigenvalue weighted by Crippen LogP contribution is -2.05. The van der Waals surface area contributed by atoms with Crippen LogP contribution >= 0.6 is 0 Å². The summed E-state index contributed by atoms with van der Waals surface area (Å²) in [6.07, 6.45) is 5.77. The minimum Gasteiger partial charge on any atom is -0.325 e. The maximum atomic E-state index is 4.76.